The van der Waals surface area contributed by atoms with Crippen LogP contribution in [0.3, 0.4) is 0 Å². The van der Waals surface area contributed by atoms with Gasteiger partial charge >= 0.3 is 12.0 Å². The molecule has 1 aromatic carbocycles. The molecule has 0 bridgehead atoms. The van der Waals surface area contributed by atoms with Gasteiger partial charge in [-0.15, -0.1) is 0 Å². The number of nitrogens with zero attached hydrogens (tertiary/aromatic N) is 3. The third kappa shape index (κ3) is 2.80. The van der Waals surface area contributed by atoms with Crippen molar-refractivity contribution in [2.45, 2.75) is 13.0 Å². The monoisotopic (exact) mass is 353 g/mol. The quantitative estimate of drug-likeness (QED) is 0.473. The fourth-order valence-electron chi connectivity index (χ4n) is 2.66. The Morgan fingerprint density at radius 1 is 1.38 bits per heavy atom. The molecular weight excluding hydrogens is 338 g/mol. The summed E-state index contributed by atoms with van der Waals surface area (Å²) >= 11 is 5.84. The molecule has 1 aliphatic heterocycles. The Morgan fingerprint density at radius 3 is 2.54 bits per heavy atom. The van der Waals surface area contributed by atoms with E-state index in [4.69, 9.17) is 16.3 Å². The number of urea groups is 1. The molecule has 128 valence electrons. The highest BCUT2D eigenvalue weighted by Crippen LogP contribution is 2.38. The van der Waals surface area contributed by atoms with E-state index in [-0.39, 0.29) is 22.3 Å². The van der Waals surface area contributed by atoms with Gasteiger partial charge in [-0.2, -0.15) is 0 Å². The first-order chi connectivity index (χ1) is 11.2. The van der Waals surface area contributed by atoms with Crippen molar-refractivity contribution >= 4 is 29.3 Å². The van der Waals surface area contributed by atoms with Gasteiger partial charge in [-0.1, -0.05) is 17.7 Å². The maximum absolute atomic E-state index is 12.4. The topological polar surface area (TPSA) is 93.0 Å². The molecule has 24 heavy (non-hydrogen) atoms. The average molecular weight is 354 g/mol. The molecule has 0 unspecified atom stereocenters. The van der Waals surface area contributed by atoms with Crippen molar-refractivity contribution in [2.75, 3.05) is 21.2 Å². The van der Waals surface area contributed by atoms with E-state index in [0.29, 0.717) is 11.3 Å². The SMILES string of the molecule is COC(=O)C1=C(C)N(C)C(=O)N(C)[C@@H]1c1ccc(Cl)c([N+](=O)[O-])c1. The zero-order valence-electron chi connectivity index (χ0n) is 13.6. The molecule has 9 heteroatoms. The van der Waals surface area contributed by atoms with Crippen molar-refractivity contribution in [3.8, 4) is 0 Å². The van der Waals surface area contributed by atoms with Gasteiger partial charge in [0, 0.05) is 25.9 Å². The van der Waals surface area contributed by atoms with E-state index in [2.05, 4.69) is 0 Å². The van der Waals surface area contributed by atoms with Crippen molar-refractivity contribution in [3.05, 3.63) is 50.2 Å². The highest BCUT2D eigenvalue weighted by molar-refractivity contribution is 6.32. The summed E-state index contributed by atoms with van der Waals surface area (Å²) in [5.74, 6) is -0.610. The van der Waals surface area contributed by atoms with Crippen molar-refractivity contribution in [2.24, 2.45) is 0 Å². The van der Waals surface area contributed by atoms with Gasteiger partial charge in [-0.3, -0.25) is 10.1 Å². The van der Waals surface area contributed by atoms with E-state index in [1.807, 2.05) is 0 Å². The van der Waals surface area contributed by atoms with Crippen LogP contribution in [-0.2, 0) is 9.53 Å². The lowest BCUT2D eigenvalue weighted by atomic mass is 9.93. The van der Waals surface area contributed by atoms with Crippen LogP contribution in [0.15, 0.2) is 29.5 Å². The number of methoxy groups -OCH3 is 1. The molecule has 0 saturated heterocycles. The van der Waals surface area contributed by atoms with Crippen LogP contribution in [0.4, 0.5) is 10.5 Å². The molecule has 1 aliphatic rings. The molecule has 8 nitrogen and oxygen atoms in total. The Balaban J connectivity index is 2.69. The minimum Gasteiger partial charge on any atom is -0.466 e. The lowest BCUT2D eigenvalue weighted by molar-refractivity contribution is -0.384. The van der Waals surface area contributed by atoms with Crippen LogP contribution in [0.2, 0.25) is 5.02 Å². The lowest BCUT2D eigenvalue weighted by Gasteiger charge is -2.39. The second-order valence-corrected chi connectivity index (χ2v) is 5.72. The predicted octanol–water partition coefficient (Wildman–Crippen LogP) is 2.73. The number of nitro groups is 1. The van der Waals surface area contributed by atoms with Crippen LogP contribution in [0.1, 0.15) is 18.5 Å². The van der Waals surface area contributed by atoms with E-state index in [0.717, 1.165) is 0 Å². The van der Waals surface area contributed by atoms with Crippen LogP contribution < -0.4 is 0 Å². The zero-order valence-corrected chi connectivity index (χ0v) is 14.3. The number of halogens is 1. The number of amides is 2. The number of hydrogen-bond acceptors (Lipinski definition) is 5. The molecule has 0 fully saturated rings. The normalized spacial score (nSPS) is 18.0. The van der Waals surface area contributed by atoms with E-state index in [1.165, 1.54) is 43.1 Å². The number of benzene rings is 1. The summed E-state index contributed by atoms with van der Waals surface area (Å²) in [4.78, 5) is 37.8. The molecule has 2 rings (SSSR count). The highest BCUT2D eigenvalue weighted by Gasteiger charge is 2.39. The van der Waals surface area contributed by atoms with Gasteiger partial charge in [0.2, 0.25) is 0 Å². The molecule has 1 heterocycles. The Morgan fingerprint density at radius 2 is 2.00 bits per heavy atom. The van der Waals surface area contributed by atoms with Crippen molar-refractivity contribution in [1.29, 1.82) is 0 Å². The second kappa shape index (κ2) is 6.48. The first kappa shape index (κ1) is 17.7. The molecule has 0 aromatic heterocycles. The van der Waals surface area contributed by atoms with Crippen molar-refractivity contribution in [3.63, 3.8) is 0 Å². The van der Waals surface area contributed by atoms with E-state index >= 15 is 0 Å². The fraction of sp³-hybridized carbons (Fsp3) is 0.333. The number of nitro benzene ring substituents is 1. The summed E-state index contributed by atoms with van der Waals surface area (Å²) in [5.41, 5.74) is 0.761. The number of esters is 1. The van der Waals surface area contributed by atoms with E-state index in [1.54, 1.807) is 13.0 Å². The Labute approximate surface area is 143 Å². The smallest absolute Gasteiger partial charge is 0.337 e. The lowest BCUT2D eigenvalue weighted by Crippen LogP contribution is -2.47. The van der Waals surface area contributed by atoms with Gasteiger partial charge in [0.05, 0.1) is 23.6 Å². The molecule has 1 atom stereocenters. The van der Waals surface area contributed by atoms with Gasteiger partial charge < -0.3 is 14.5 Å². The number of carbonyl (C=O) groups excluding carboxylic acids is 2. The number of ether oxygens (including phenoxy) is 1. The molecule has 2 amide bonds. The third-order valence-electron chi connectivity index (χ3n) is 4.03. The minimum absolute atomic E-state index is 0.0222. The summed E-state index contributed by atoms with van der Waals surface area (Å²) in [6.07, 6.45) is 0. The molecule has 0 N–H and O–H groups in total. The molecule has 0 spiro atoms. The maximum atomic E-state index is 12.4. The van der Waals surface area contributed by atoms with Crippen LogP contribution in [-0.4, -0.2) is 47.9 Å². The number of carbonyl (C=O) groups is 2. The summed E-state index contributed by atoms with van der Waals surface area (Å²) in [6.45, 7) is 1.62. The van der Waals surface area contributed by atoms with Crippen LogP contribution >= 0.6 is 11.6 Å². The number of hydrogen-bond donors (Lipinski definition) is 0. The van der Waals surface area contributed by atoms with Gasteiger partial charge in [-0.05, 0) is 18.6 Å². The van der Waals surface area contributed by atoms with Gasteiger partial charge in [0.25, 0.3) is 5.69 Å². The van der Waals surface area contributed by atoms with Crippen LogP contribution in [0, 0.1) is 10.1 Å². The molecule has 0 aliphatic carbocycles. The van der Waals surface area contributed by atoms with Crippen LogP contribution in [0.25, 0.3) is 0 Å². The molecular formula is C15H16ClN3O5. The second-order valence-electron chi connectivity index (χ2n) is 5.31. The number of likely N-dealkylation sites (N-methyl/N-ethyl adjacent to an activating group) is 1. The van der Waals surface area contributed by atoms with Crippen molar-refractivity contribution < 1.29 is 19.2 Å². The summed E-state index contributed by atoms with van der Waals surface area (Å²) < 4.78 is 4.82. The van der Waals surface area contributed by atoms with E-state index in [9.17, 15) is 19.7 Å². The minimum atomic E-state index is -0.808. The highest BCUT2D eigenvalue weighted by atomic mass is 35.5. The largest absolute Gasteiger partial charge is 0.466 e. The van der Waals surface area contributed by atoms with Crippen LogP contribution in [0.5, 0.6) is 0 Å². The summed E-state index contributed by atoms with van der Waals surface area (Å²) in [7, 11) is 4.29. The van der Waals surface area contributed by atoms with Gasteiger partial charge in [0.1, 0.15) is 5.02 Å². The summed E-state index contributed by atoms with van der Waals surface area (Å²) in [5, 5.41) is 11.1. The van der Waals surface area contributed by atoms with E-state index < -0.39 is 16.9 Å². The Kier molecular flexibility index (Phi) is 4.79. The Hall–Kier alpha value is -2.61. The third-order valence-corrected chi connectivity index (χ3v) is 4.35. The predicted molar refractivity (Wildman–Crippen MR) is 86.5 cm³/mol. The summed E-state index contributed by atoms with van der Waals surface area (Å²) in [6, 6.07) is 3.03. The Bertz CT molecular complexity index is 761. The van der Waals surface area contributed by atoms with Gasteiger partial charge in [-0.25, -0.2) is 9.59 Å². The average Bonchev–Trinajstić information content (AvgIpc) is 2.55. The zero-order chi connectivity index (χ0) is 18.2. The number of allylic oxidation sites excluding steroid dienone is 1. The molecule has 0 saturated carbocycles. The first-order valence-corrected chi connectivity index (χ1v) is 7.32. The molecule has 1 aromatic rings. The first-order valence-electron chi connectivity index (χ1n) is 6.94. The molecule has 0 radical (unpaired) electrons. The maximum Gasteiger partial charge on any atom is 0.337 e. The van der Waals surface area contributed by atoms with Crippen molar-refractivity contribution in [1.82, 2.24) is 9.80 Å². The standard InChI is InChI=1S/C15H16ClN3O5/c1-8-12(14(20)24-4)13(18(3)15(21)17(8)2)9-5-6-10(16)11(7-9)19(22)23/h5-7,13H,1-4H3/t13-/m1/s1. The fourth-order valence-corrected chi connectivity index (χ4v) is 2.85. The van der Waals surface area contributed by atoms with Gasteiger partial charge in [0.15, 0.2) is 0 Å². The number of rotatable bonds is 3.